The molecule has 4 aliphatic rings. The van der Waals surface area contributed by atoms with Gasteiger partial charge in [0.1, 0.15) is 11.4 Å². The van der Waals surface area contributed by atoms with Crippen molar-refractivity contribution in [2.24, 2.45) is 40.4 Å². The van der Waals surface area contributed by atoms with E-state index in [1.807, 2.05) is 6.92 Å². The maximum absolute atomic E-state index is 12.2. The molecule has 1 N–H and O–H groups in total. The quantitative estimate of drug-likeness (QED) is 0.707. The van der Waals surface area contributed by atoms with Crippen LogP contribution in [-0.4, -0.2) is 16.5 Å². The molecular weight excluding hydrogens is 308 g/mol. The minimum atomic E-state index is -0.868. The monoisotopic (exact) mass is 342 g/mol. The van der Waals surface area contributed by atoms with Crippen LogP contribution in [0.2, 0.25) is 0 Å². The van der Waals surface area contributed by atoms with Gasteiger partial charge in [-0.3, -0.25) is 4.79 Å². The molecule has 0 saturated heterocycles. The van der Waals surface area contributed by atoms with E-state index in [9.17, 15) is 9.90 Å². The number of ketones is 1. The lowest BCUT2D eigenvalue weighted by atomic mass is 9.44. The summed E-state index contributed by atoms with van der Waals surface area (Å²) < 4.78 is 0. The fourth-order valence-electron chi connectivity index (χ4n) is 8.04. The van der Waals surface area contributed by atoms with Crippen molar-refractivity contribution < 1.29 is 9.90 Å². The average Bonchev–Trinajstić information content (AvgIpc) is 2.93. The SMILES string of the molecule is C#CC1(O)CC[C@@]2(C)C(CC[C@H]3[C@@H]4CC[C@H](C(C)=O)[C@@]4(C)CC[C@@H]32)C1. The number of rotatable bonds is 1. The summed E-state index contributed by atoms with van der Waals surface area (Å²) in [5.74, 6) is 6.23. The molecule has 138 valence electrons. The third kappa shape index (κ3) is 2.38. The number of hydrogen-bond acceptors (Lipinski definition) is 2. The van der Waals surface area contributed by atoms with Crippen molar-refractivity contribution in [2.45, 2.75) is 84.2 Å². The molecule has 0 aliphatic heterocycles. The predicted octanol–water partition coefficient (Wildman–Crippen LogP) is 4.60. The van der Waals surface area contributed by atoms with E-state index in [2.05, 4.69) is 19.8 Å². The summed E-state index contributed by atoms with van der Waals surface area (Å²) in [6.45, 7) is 6.72. The Balaban J connectivity index is 1.60. The van der Waals surface area contributed by atoms with E-state index >= 15 is 0 Å². The lowest BCUT2D eigenvalue weighted by Gasteiger charge is -2.61. The van der Waals surface area contributed by atoms with Crippen molar-refractivity contribution in [1.82, 2.24) is 0 Å². The van der Waals surface area contributed by atoms with E-state index < -0.39 is 5.60 Å². The highest BCUT2D eigenvalue weighted by molar-refractivity contribution is 5.79. The molecule has 4 rings (SSSR count). The van der Waals surface area contributed by atoms with Gasteiger partial charge in [-0.25, -0.2) is 0 Å². The van der Waals surface area contributed by atoms with Gasteiger partial charge in [-0.05, 0) is 99.2 Å². The molecule has 0 amide bonds. The second kappa shape index (κ2) is 5.59. The molecule has 0 heterocycles. The summed E-state index contributed by atoms with van der Waals surface area (Å²) >= 11 is 0. The van der Waals surface area contributed by atoms with Gasteiger partial charge in [0.2, 0.25) is 0 Å². The number of terminal acetylenes is 1. The minimum Gasteiger partial charge on any atom is -0.378 e. The molecule has 2 unspecified atom stereocenters. The van der Waals surface area contributed by atoms with Gasteiger partial charge < -0.3 is 5.11 Å². The first-order chi connectivity index (χ1) is 11.7. The molecule has 4 aliphatic carbocycles. The van der Waals surface area contributed by atoms with Crippen molar-refractivity contribution in [3.63, 3.8) is 0 Å². The first kappa shape index (κ1) is 17.6. The second-order valence-corrected chi connectivity index (χ2v) is 10.3. The van der Waals surface area contributed by atoms with Crippen molar-refractivity contribution >= 4 is 5.78 Å². The maximum Gasteiger partial charge on any atom is 0.133 e. The smallest absolute Gasteiger partial charge is 0.133 e. The summed E-state index contributed by atoms with van der Waals surface area (Å²) in [6, 6.07) is 0. The fraction of sp³-hybridized carbons (Fsp3) is 0.870. The van der Waals surface area contributed by atoms with Gasteiger partial charge in [0.25, 0.3) is 0 Å². The van der Waals surface area contributed by atoms with Crippen LogP contribution in [0.4, 0.5) is 0 Å². The van der Waals surface area contributed by atoms with Crippen LogP contribution < -0.4 is 0 Å². The number of fused-ring (bicyclic) bond motifs is 5. The molecule has 0 aromatic rings. The van der Waals surface area contributed by atoms with E-state index in [-0.39, 0.29) is 5.41 Å². The molecule has 0 bridgehead atoms. The van der Waals surface area contributed by atoms with Crippen LogP contribution in [0.1, 0.15) is 78.6 Å². The number of aliphatic hydroxyl groups is 1. The zero-order valence-corrected chi connectivity index (χ0v) is 16.2. The molecule has 25 heavy (non-hydrogen) atoms. The van der Waals surface area contributed by atoms with Gasteiger partial charge >= 0.3 is 0 Å². The van der Waals surface area contributed by atoms with Crippen LogP contribution in [0.5, 0.6) is 0 Å². The fourth-order valence-corrected chi connectivity index (χ4v) is 8.04. The number of carbonyl (C=O) groups is 1. The summed E-state index contributed by atoms with van der Waals surface area (Å²) in [5.41, 5.74) is -0.292. The first-order valence-corrected chi connectivity index (χ1v) is 10.4. The van der Waals surface area contributed by atoms with Gasteiger partial charge in [0.15, 0.2) is 0 Å². The Kier molecular flexibility index (Phi) is 3.94. The molecular formula is C23H34O2. The highest BCUT2D eigenvalue weighted by atomic mass is 16.3. The van der Waals surface area contributed by atoms with E-state index in [1.165, 1.54) is 32.1 Å². The van der Waals surface area contributed by atoms with Gasteiger partial charge in [-0.1, -0.05) is 19.8 Å². The van der Waals surface area contributed by atoms with Crippen LogP contribution in [0.15, 0.2) is 0 Å². The number of hydrogen-bond donors (Lipinski definition) is 1. The zero-order chi connectivity index (χ0) is 18.0. The van der Waals surface area contributed by atoms with E-state index in [1.54, 1.807) is 0 Å². The van der Waals surface area contributed by atoms with Crippen molar-refractivity contribution in [3.05, 3.63) is 0 Å². The first-order valence-electron chi connectivity index (χ1n) is 10.4. The highest BCUT2D eigenvalue weighted by Gasteiger charge is 2.61. The van der Waals surface area contributed by atoms with Gasteiger partial charge in [0.05, 0.1) is 0 Å². The molecule has 0 aromatic heterocycles. The van der Waals surface area contributed by atoms with Crippen LogP contribution >= 0.6 is 0 Å². The van der Waals surface area contributed by atoms with Crippen LogP contribution in [0.3, 0.4) is 0 Å². The third-order valence-electron chi connectivity index (χ3n) is 9.49. The van der Waals surface area contributed by atoms with Crippen molar-refractivity contribution in [3.8, 4) is 12.3 Å². The largest absolute Gasteiger partial charge is 0.378 e. The Bertz CT molecular complexity index is 618. The lowest BCUT2D eigenvalue weighted by molar-refractivity contribution is -0.144. The Morgan fingerprint density at radius 1 is 1.00 bits per heavy atom. The average molecular weight is 343 g/mol. The predicted molar refractivity (Wildman–Crippen MR) is 99.7 cm³/mol. The molecule has 0 aromatic carbocycles. The van der Waals surface area contributed by atoms with Gasteiger partial charge in [0, 0.05) is 5.92 Å². The standard InChI is InChI=1S/C23H34O2/c1-5-23(25)13-12-21(3)16(14-23)6-7-17-19-9-8-18(15(2)24)22(19,4)11-10-20(17)21/h1,16-20,25H,6-14H2,2-4H3/t16?,17-,18+,19-,20-,21-,22+,23?/m0/s1. The summed E-state index contributed by atoms with van der Waals surface area (Å²) in [7, 11) is 0. The lowest BCUT2D eigenvalue weighted by Crippen LogP contribution is -2.55. The summed E-state index contributed by atoms with van der Waals surface area (Å²) in [4.78, 5) is 12.2. The number of carbonyl (C=O) groups excluding carboxylic acids is 1. The molecule has 0 spiro atoms. The normalized spacial score (nSPS) is 54.8. The van der Waals surface area contributed by atoms with Crippen LogP contribution in [0, 0.1) is 52.8 Å². The Morgan fingerprint density at radius 3 is 2.40 bits per heavy atom. The van der Waals surface area contributed by atoms with Crippen molar-refractivity contribution in [2.75, 3.05) is 0 Å². The third-order valence-corrected chi connectivity index (χ3v) is 9.49. The molecule has 2 heteroatoms. The number of Topliss-reactive ketones (excluding diaryl/α,β-unsaturated/α-hetero) is 1. The maximum atomic E-state index is 12.2. The Morgan fingerprint density at radius 2 is 1.72 bits per heavy atom. The molecule has 4 fully saturated rings. The van der Waals surface area contributed by atoms with Gasteiger partial charge in [-0.15, -0.1) is 6.42 Å². The van der Waals surface area contributed by atoms with E-state index in [0.717, 1.165) is 43.4 Å². The highest BCUT2D eigenvalue weighted by Crippen LogP contribution is 2.68. The summed E-state index contributed by atoms with van der Waals surface area (Å²) in [6.07, 6.45) is 15.6. The Labute approximate surface area is 153 Å². The second-order valence-electron chi connectivity index (χ2n) is 10.3. The molecule has 8 atom stereocenters. The summed E-state index contributed by atoms with van der Waals surface area (Å²) in [5, 5.41) is 10.6. The van der Waals surface area contributed by atoms with E-state index in [0.29, 0.717) is 23.0 Å². The van der Waals surface area contributed by atoms with Crippen molar-refractivity contribution in [1.29, 1.82) is 0 Å². The van der Waals surface area contributed by atoms with Crippen LogP contribution in [-0.2, 0) is 4.79 Å². The minimum absolute atomic E-state index is 0.240. The van der Waals surface area contributed by atoms with Gasteiger partial charge in [-0.2, -0.15) is 0 Å². The van der Waals surface area contributed by atoms with Crippen LogP contribution in [0.25, 0.3) is 0 Å². The van der Waals surface area contributed by atoms with E-state index in [4.69, 9.17) is 6.42 Å². The zero-order valence-electron chi connectivity index (χ0n) is 16.2. The molecule has 4 saturated carbocycles. The molecule has 2 nitrogen and oxygen atoms in total. The topological polar surface area (TPSA) is 37.3 Å². The Hall–Kier alpha value is -0.810. The molecule has 0 radical (unpaired) electrons.